The Kier molecular flexibility index (Phi) is 4.78. The lowest BCUT2D eigenvalue weighted by atomic mass is 10.1. The van der Waals surface area contributed by atoms with Crippen LogP contribution in [0, 0.1) is 11.6 Å². The molecule has 0 saturated heterocycles. The fourth-order valence-corrected chi connectivity index (χ4v) is 4.01. The van der Waals surface area contributed by atoms with Gasteiger partial charge in [-0.3, -0.25) is 4.79 Å². The van der Waals surface area contributed by atoms with Crippen molar-refractivity contribution < 1.29 is 26.7 Å². The molecule has 8 heteroatoms. The minimum atomic E-state index is -3.48. The number of amides is 1. The summed E-state index contributed by atoms with van der Waals surface area (Å²) in [5, 5.41) is 0.999. The van der Waals surface area contributed by atoms with Crippen LogP contribution in [0.25, 0.3) is 0 Å². The lowest BCUT2D eigenvalue weighted by Gasteiger charge is -2.28. The first-order chi connectivity index (χ1) is 12.3. The molecule has 1 aliphatic heterocycles. The normalized spacial score (nSPS) is 17.9. The van der Waals surface area contributed by atoms with Gasteiger partial charge in [0.25, 0.3) is 5.91 Å². The van der Waals surface area contributed by atoms with Crippen molar-refractivity contribution in [1.82, 2.24) is 0 Å². The first-order valence-electron chi connectivity index (χ1n) is 7.65. The molecule has 0 radical (unpaired) electrons. The summed E-state index contributed by atoms with van der Waals surface area (Å²) >= 11 is 0. The van der Waals surface area contributed by atoms with Crippen molar-refractivity contribution >= 4 is 21.4 Å². The average Bonchev–Trinajstić information content (AvgIpc) is 2.95. The monoisotopic (exact) mass is 379 g/mol. The van der Waals surface area contributed by atoms with Crippen LogP contribution in [0.1, 0.15) is 10.4 Å². The van der Waals surface area contributed by atoms with E-state index in [0.29, 0.717) is 11.4 Å². The number of halogens is 2. The van der Waals surface area contributed by atoms with Gasteiger partial charge in [-0.2, -0.15) is 0 Å². The van der Waals surface area contributed by atoms with Crippen LogP contribution in [0.4, 0.5) is 14.5 Å². The number of ether oxygens (including phenoxy) is 1. The number of carbonyl (C=O) groups is 1. The molecule has 1 heterocycles. The maximum Gasteiger partial charge on any atom is 0.264 e. The molecule has 2 aromatic carbocycles. The Morgan fingerprint density at radius 1 is 1.12 bits per heavy atom. The number of rotatable bonds is 4. The Hall–Kier alpha value is -2.74. The molecule has 0 aliphatic carbocycles. The third-order valence-electron chi connectivity index (χ3n) is 3.99. The first kappa shape index (κ1) is 18.1. The van der Waals surface area contributed by atoms with Crippen LogP contribution in [0.15, 0.2) is 53.9 Å². The maximum atomic E-state index is 14.1. The second-order valence-corrected chi connectivity index (χ2v) is 7.63. The lowest BCUT2D eigenvalue weighted by molar-refractivity contribution is 0.0975. The van der Waals surface area contributed by atoms with E-state index >= 15 is 0 Å². The van der Waals surface area contributed by atoms with E-state index in [1.54, 1.807) is 12.1 Å². The van der Waals surface area contributed by atoms with Gasteiger partial charge in [-0.15, -0.1) is 0 Å². The van der Waals surface area contributed by atoms with Crippen molar-refractivity contribution in [3.8, 4) is 5.75 Å². The van der Waals surface area contributed by atoms with E-state index in [9.17, 15) is 22.0 Å². The molecular formula is C18H15F2NO4S. The highest BCUT2D eigenvalue weighted by Gasteiger charge is 2.34. The fourth-order valence-electron chi connectivity index (χ4n) is 2.74. The zero-order valence-electron chi connectivity index (χ0n) is 13.7. The molecule has 1 atom stereocenters. The minimum absolute atomic E-state index is 0.296. The topological polar surface area (TPSA) is 63.7 Å². The van der Waals surface area contributed by atoms with E-state index in [2.05, 4.69) is 0 Å². The van der Waals surface area contributed by atoms with Crippen LogP contribution in [0.3, 0.4) is 0 Å². The van der Waals surface area contributed by atoms with Crippen molar-refractivity contribution in [3.63, 3.8) is 0 Å². The molecule has 1 aliphatic rings. The van der Waals surface area contributed by atoms with Crippen molar-refractivity contribution in [2.45, 2.75) is 6.04 Å². The smallest absolute Gasteiger partial charge is 0.264 e. The molecule has 0 fully saturated rings. The first-order valence-corrected chi connectivity index (χ1v) is 9.36. The quantitative estimate of drug-likeness (QED) is 0.819. The summed E-state index contributed by atoms with van der Waals surface area (Å²) in [6.07, 6.45) is 1.33. The Labute approximate surface area is 149 Å². The van der Waals surface area contributed by atoms with E-state index in [4.69, 9.17) is 4.74 Å². The third kappa shape index (κ3) is 3.45. The zero-order chi connectivity index (χ0) is 18.9. The number of nitrogens with zero attached hydrogens (tertiary/aromatic N) is 1. The second-order valence-electron chi connectivity index (χ2n) is 5.70. The van der Waals surface area contributed by atoms with Crippen LogP contribution < -0.4 is 9.64 Å². The summed E-state index contributed by atoms with van der Waals surface area (Å²) in [6, 6.07) is 8.41. The number of hydrogen-bond acceptors (Lipinski definition) is 4. The average molecular weight is 379 g/mol. The van der Waals surface area contributed by atoms with Gasteiger partial charge in [-0.05, 0) is 42.5 Å². The number of benzene rings is 2. The summed E-state index contributed by atoms with van der Waals surface area (Å²) in [6.45, 7) is 0. The number of carbonyl (C=O) groups excluding carboxylic acids is 1. The molecule has 26 heavy (non-hydrogen) atoms. The predicted octanol–water partition coefficient (Wildman–Crippen LogP) is 2.93. The van der Waals surface area contributed by atoms with Gasteiger partial charge in [0.1, 0.15) is 22.9 Å². The molecule has 0 aromatic heterocycles. The Balaban J connectivity index is 2.08. The molecule has 136 valence electrons. The van der Waals surface area contributed by atoms with Gasteiger partial charge in [-0.25, -0.2) is 17.2 Å². The van der Waals surface area contributed by atoms with Crippen LogP contribution in [0.5, 0.6) is 5.75 Å². The molecular weight excluding hydrogens is 364 g/mol. The Morgan fingerprint density at radius 2 is 1.73 bits per heavy atom. The molecule has 0 N–H and O–H groups in total. The zero-order valence-corrected chi connectivity index (χ0v) is 14.5. The number of sulfone groups is 1. The summed E-state index contributed by atoms with van der Waals surface area (Å²) < 4.78 is 56.8. The van der Waals surface area contributed by atoms with Crippen LogP contribution in [-0.2, 0) is 9.84 Å². The van der Waals surface area contributed by atoms with Crippen LogP contribution in [-0.4, -0.2) is 33.2 Å². The van der Waals surface area contributed by atoms with E-state index in [1.807, 2.05) is 0 Å². The largest absolute Gasteiger partial charge is 0.497 e. The van der Waals surface area contributed by atoms with E-state index in [1.165, 1.54) is 25.3 Å². The van der Waals surface area contributed by atoms with Gasteiger partial charge < -0.3 is 9.64 Å². The molecule has 0 spiro atoms. The van der Waals surface area contributed by atoms with Crippen molar-refractivity contribution in [1.29, 1.82) is 0 Å². The standard InChI is InChI=1S/C18H15F2NO4S/c1-25-14-7-5-12(6-8-14)21(13-9-10-26(23,24)11-13)18(22)17-15(19)3-2-4-16(17)20/h2-10,13H,11H2,1H3. The lowest BCUT2D eigenvalue weighted by Crippen LogP contribution is -2.42. The van der Waals surface area contributed by atoms with E-state index in [0.717, 1.165) is 28.5 Å². The van der Waals surface area contributed by atoms with Gasteiger partial charge in [0, 0.05) is 11.1 Å². The molecule has 3 rings (SSSR count). The van der Waals surface area contributed by atoms with E-state index < -0.39 is 39.0 Å². The number of anilines is 1. The molecule has 1 unspecified atom stereocenters. The highest BCUT2D eigenvalue weighted by atomic mass is 32.2. The SMILES string of the molecule is COc1ccc(N(C(=O)c2c(F)cccc2F)C2C=CS(=O)(=O)C2)cc1. The number of methoxy groups -OCH3 is 1. The van der Waals surface area contributed by atoms with Crippen molar-refractivity contribution in [3.05, 3.63) is 71.1 Å². The Morgan fingerprint density at radius 3 is 2.23 bits per heavy atom. The third-order valence-corrected chi connectivity index (χ3v) is 5.37. The highest BCUT2D eigenvalue weighted by Crippen LogP contribution is 2.28. The van der Waals surface area contributed by atoms with E-state index in [-0.39, 0.29) is 5.75 Å². The molecule has 5 nitrogen and oxygen atoms in total. The second kappa shape index (κ2) is 6.87. The van der Waals surface area contributed by atoms with Gasteiger partial charge in [0.15, 0.2) is 9.84 Å². The maximum absolute atomic E-state index is 14.1. The minimum Gasteiger partial charge on any atom is -0.497 e. The summed E-state index contributed by atoms with van der Waals surface area (Å²) in [4.78, 5) is 14.0. The van der Waals surface area contributed by atoms with Gasteiger partial charge >= 0.3 is 0 Å². The van der Waals surface area contributed by atoms with Crippen LogP contribution >= 0.6 is 0 Å². The molecule has 0 saturated carbocycles. The summed E-state index contributed by atoms with van der Waals surface area (Å²) in [5.74, 6) is -2.83. The van der Waals surface area contributed by atoms with Gasteiger partial charge in [-0.1, -0.05) is 6.07 Å². The molecule has 0 bridgehead atoms. The van der Waals surface area contributed by atoms with Gasteiger partial charge in [0.2, 0.25) is 0 Å². The Bertz CT molecular complexity index is 951. The summed E-state index contributed by atoms with van der Waals surface area (Å²) in [7, 11) is -2.01. The van der Waals surface area contributed by atoms with Crippen molar-refractivity contribution in [2.24, 2.45) is 0 Å². The predicted molar refractivity (Wildman–Crippen MR) is 92.9 cm³/mol. The number of hydrogen-bond donors (Lipinski definition) is 0. The van der Waals surface area contributed by atoms with Crippen LogP contribution in [0.2, 0.25) is 0 Å². The highest BCUT2D eigenvalue weighted by molar-refractivity contribution is 7.94. The fraction of sp³-hybridized carbons (Fsp3) is 0.167. The summed E-state index contributed by atoms with van der Waals surface area (Å²) in [5.41, 5.74) is -0.439. The molecule has 2 aromatic rings. The van der Waals surface area contributed by atoms with Gasteiger partial charge in [0.05, 0.1) is 18.9 Å². The van der Waals surface area contributed by atoms with Crippen molar-refractivity contribution in [2.75, 3.05) is 17.8 Å². The molecule has 1 amide bonds.